The van der Waals surface area contributed by atoms with Crippen LogP contribution in [0.5, 0.6) is 0 Å². The number of anilines is 1. The highest BCUT2D eigenvalue weighted by molar-refractivity contribution is 5.93. The van der Waals surface area contributed by atoms with Crippen molar-refractivity contribution in [2.24, 2.45) is 0 Å². The lowest BCUT2D eigenvalue weighted by molar-refractivity contribution is 0.748. The predicted octanol–water partition coefficient (Wildman–Crippen LogP) is 2.87. The van der Waals surface area contributed by atoms with Gasteiger partial charge in [-0.05, 0) is 45.5 Å². The Morgan fingerprint density at radius 1 is 1.17 bits per heavy atom. The zero-order valence-electron chi connectivity index (χ0n) is 11.4. The molecule has 0 bridgehead atoms. The molecule has 1 aromatic carbocycles. The van der Waals surface area contributed by atoms with Crippen LogP contribution in [0.25, 0.3) is 10.9 Å². The third-order valence-electron chi connectivity index (χ3n) is 3.09. The van der Waals surface area contributed by atoms with Crippen LogP contribution < -0.4 is 10.6 Å². The van der Waals surface area contributed by atoms with Gasteiger partial charge in [0.25, 0.3) is 0 Å². The molecule has 2 rings (SSSR count). The lowest BCUT2D eigenvalue weighted by Crippen LogP contribution is -2.13. The molecule has 0 saturated heterocycles. The second-order valence-electron chi connectivity index (χ2n) is 4.67. The van der Waals surface area contributed by atoms with Crippen LogP contribution >= 0.6 is 0 Å². The van der Waals surface area contributed by atoms with Gasteiger partial charge in [-0.15, -0.1) is 0 Å². The Kier molecular flexibility index (Phi) is 4.15. The molecule has 1 aromatic heterocycles. The fraction of sp³-hybridized carbons (Fsp3) is 0.400. The Morgan fingerprint density at radius 2 is 2.00 bits per heavy atom. The van der Waals surface area contributed by atoms with E-state index in [9.17, 15) is 0 Å². The topological polar surface area (TPSA) is 37.0 Å². The minimum atomic E-state index is 0.979. The van der Waals surface area contributed by atoms with E-state index in [0.717, 1.165) is 30.7 Å². The molecule has 0 radical (unpaired) electrons. The van der Waals surface area contributed by atoms with Crippen molar-refractivity contribution in [2.45, 2.75) is 20.3 Å². The molecule has 96 valence electrons. The van der Waals surface area contributed by atoms with Gasteiger partial charge in [-0.2, -0.15) is 0 Å². The molecule has 3 heteroatoms. The zero-order valence-corrected chi connectivity index (χ0v) is 11.4. The second-order valence-corrected chi connectivity index (χ2v) is 4.67. The van der Waals surface area contributed by atoms with Crippen LogP contribution in [0.2, 0.25) is 0 Å². The number of aryl methyl sites for hydroxylation is 2. The first-order valence-electron chi connectivity index (χ1n) is 6.48. The van der Waals surface area contributed by atoms with Gasteiger partial charge in [0.05, 0.1) is 5.52 Å². The highest BCUT2D eigenvalue weighted by atomic mass is 14.9. The average Bonchev–Trinajstić information content (AvgIpc) is 2.36. The molecule has 1 heterocycles. The number of nitrogens with one attached hydrogen (secondary N) is 2. The maximum atomic E-state index is 4.63. The summed E-state index contributed by atoms with van der Waals surface area (Å²) >= 11 is 0. The smallest absolute Gasteiger partial charge is 0.0755 e. The Labute approximate surface area is 109 Å². The number of aromatic nitrogens is 1. The van der Waals surface area contributed by atoms with Gasteiger partial charge in [-0.1, -0.05) is 18.2 Å². The number of benzene rings is 1. The quantitative estimate of drug-likeness (QED) is 0.793. The van der Waals surface area contributed by atoms with Crippen molar-refractivity contribution in [1.82, 2.24) is 10.3 Å². The summed E-state index contributed by atoms with van der Waals surface area (Å²) in [5.41, 5.74) is 4.59. The molecule has 0 unspecified atom stereocenters. The maximum absolute atomic E-state index is 4.63. The van der Waals surface area contributed by atoms with Crippen molar-refractivity contribution in [1.29, 1.82) is 0 Å². The van der Waals surface area contributed by atoms with Crippen LogP contribution in [0, 0.1) is 13.8 Å². The number of para-hydroxylation sites is 1. The van der Waals surface area contributed by atoms with Crippen LogP contribution in [-0.2, 0) is 0 Å². The molecule has 0 aliphatic heterocycles. The van der Waals surface area contributed by atoms with Crippen molar-refractivity contribution in [2.75, 3.05) is 25.5 Å². The van der Waals surface area contributed by atoms with Crippen molar-refractivity contribution in [3.05, 3.63) is 35.5 Å². The number of hydrogen-bond acceptors (Lipinski definition) is 3. The molecular weight excluding hydrogens is 222 g/mol. The lowest BCUT2D eigenvalue weighted by Gasteiger charge is -2.11. The second kappa shape index (κ2) is 5.83. The van der Waals surface area contributed by atoms with E-state index in [1.54, 1.807) is 0 Å². The normalized spacial score (nSPS) is 10.8. The predicted molar refractivity (Wildman–Crippen MR) is 78.3 cm³/mol. The average molecular weight is 243 g/mol. The van der Waals surface area contributed by atoms with E-state index in [2.05, 4.69) is 46.8 Å². The summed E-state index contributed by atoms with van der Waals surface area (Å²) in [5, 5.41) is 7.88. The molecule has 18 heavy (non-hydrogen) atoms. The summed E-state index contributed by atoms with van der Waals surface area (Å²) in [5.74, 6) is 0. The maximum Gasteiger partial charge on any atom is 0.0755 e. The first kappa shape index (κ1) is 12.8. The Hall–Kier alpha value is -1.61. The minimum absolute atomic E-state index is 0.979. The van der Waals surface area contributed by atoms with E-state index in [0.29, 0.717) is 0 Å². The van der Waals surface area contributed by atoms with E-state index in [-0.39, 0.29) is 0 Å². The van der Waals surface area contributed by atoms with E-state index in [1.165, 1.54) is 16.6 Å². The van der Waals surface area contributed by atoms with Gasteiger partial charge in [0, 0.05) is 23.3 Å². The van der Waals surface area contributed by atoms with Crippen LogP contribution in [0.3, 0.4) is 0 Å². The fourth-order valence-electron chi connectivity index (χ4n) is 2.15. The van der Waals surface area contributed by atoms with Gasteiger partial charge >= 0.3 is 0 Å². The van der Waals surface area contributed by atoms with Crippen LogP contribution in [0.1, 0.15) is 17.7 Å². The van der Waals surface area contributed by atoms with Crippen molar-refractivity contribution < 1.29 is 0 Å². The van der Waals surface area contributed by atoms with Gasteiger partial charge in [0.15, 0.2) is 0 Å². The standard InChI is InChI=1S/C15H21N3/c1-11-6-4-7-13-14(17-9-5-8-16-3)10-12(2)18-15(11)13/h4,6-7,10,16H,5,8-9H2,1-3H3,(H,17,18). The minimum Gasteiger partial charge on any atom is -0.384 e. The third kappa shape index (κ3) is 2.79. The van der Waals surface area contributed by atoms with E-state index in [4.69, 9.17) is 0 Å². The summed E-state index contributed by atoms with van der Waals surface area (Å²) in [7, 11) is 1.98. The molecule has 0 atom stereocenters. The number of pyridine rings is 1. The molecule has 0 aliphatic rings. The van der Waals surface area contributed by atoms with Gasteiger partial charge in [-0.3, -0.25) is 4.98 Å². The first-order chi connectivity index (χ1) is 8.72. The van der Waals surface area contributed by atoms with Crippen LogP contribution in [0.4, 0.5) is 5.69 Å². The molecule has 3 nitrogen and oxygen atoms in total. The van der Waals surface area contributed by atoms with E-state index >= 15 is 0 Å². The molecular formula is C15H21N3. The van der Waals surface area contributed by atoms with Gasteiger partial charge < -0.3 is 10.6 Å². The molecule has 2 N–H and O–H groups in total. The summed E-state index contributed by atoms with van der Waals surface area (Å²) < 4.78 is 0. The Bertz CT molecular complexity index is 534. The van der Waals surface area contributed by atoms with Gasteiger partial charge in [0.2, 0.25) is 0 Å². The highest BCUT2D eigenvalue weighted by Gasteiger charge is 2.05. The fourth-order valence-corrected chi connectivity index (χ4v) is 2.15. The molecule has 0 saturated carbocycles. The monoisotopic (exact) mass is 243 g/mol. The van der Waals surface area contributed by atoms with E-state index < -0.39 is 0 Å². The summed E-state index contributed by atoms with van der Waals surface area (Å²) in [6.45, 7) is 6.17. The number of hydrogen-bond donors (Lipinski definition) is 2. The van der Waals surface area contributed by atoms with Gasteiger partial charge in [-0.25, -0.2) is 0 Å². The number of fused-ring (bicyclic) bond motifs is 1. The van der Waals surface area contributed by atoms with E-state index in [1.807, 2.05) is 14.0 Å². The van der Waals surface area contributed by atoms with Crippen LogP contribution in [0.15, 0.2) is 24.3 Å². The summed E-state index contributed by atoms with van der Waals surface area (Å²) in [6.07, 6.45) is 1.12. The van der Waals surface area contributed by atoms with Crippen molar-refractivity contribution >= 4 is 16.6 Å². The lowest BCUT2D eigenvalue weighted by atomic mass is 10.1. The Balaban J connectivity index is 2.29. The Morgan fingerprint density at radius 3 is 2.78 bits per heavy atom. The zero-order chi connectivity index (χ0) is 13.0. The number of rotatable bonds is 5. The highest BCUT2D eigenvalue weighted by Crippen LogP contribution is 2.25. The molecule has 0 amide bonds. The third-order valence-corrected chi connectivity index (χ3v) is 3.09. The van der Waals surface area contributed by atoms with Gasteiger partial charge in [0.1, 0.15) is 0 Å². The molecule has 0 aliphatic carbocycles. The number of nitrogens with zero attached hydrogens (tertiary/aromatic N) is 1. The van der Waals surface area contributed by atoms with Crippen molar-refractivity contribution in [3.63, 3.8) is 0 Å². The summed E-state index contributed by atoms with van der Waals surface area (Å²) in [6, 6.07) is 8.46. The molecule has 0 spiro atoms. The van der Waals surface area contributed by atoms with Crippen molar-refractivity contribution in [3.8, 4) is 0 Å². The summed E-state index contributed by atoms with van der Waals surface area (Å²) in [4.78, 5) is 4.63. The molecule has 2 aromatic rings. The largest absolute Gasteiger partial charge is 0.384 e. The van der Waals surface area contributed by atoms with Crippen LogP contribution in [-0.4, -0.2) is 25.1 Å². The molecule has 0 fully saturated rings. The SMILES string of the molecule is CNCCCNc1cc(C)nc2c(C)cccc12. The first-order valence-corrected chi connectivity index (χ1v) is 6.48.